The summed E-state index contributed by atoms with van der Waals surface area (Å²) in [5.74, 6) is -1.02. The Morgan fingerprint density at radius 3 is 2.26 bits per heavy atom. The Labute approximate surface area is 222 Å². The van der Waals surface area contributed by atoms with Crippen LogP contribution in [-0.2, 0) is 14.4 Å². The van der Waals surface area contributed by atoms with Crippen molar-refractivity contribution in [3.8, 4) is 11.5 Å². The first-order valence-corrected chi connectivity index (χ1v) is 12.3. The van der Waals surface area contributed by atoms with Crippen LogP contribution in [0.1, 0.15) is 36.5 Å². The standard InChI is InChI=1S/C29H32N4O5/c1-4-5-17-37-24-15-13-23(14-16-24)31-28(35)29(36)33-30-18-22-11-6-7-12-25(22)38-19-26(34)32-27-20(2)9-8-10-21(27)3/h6-16,18H,4-5,17,19H2,1-3H3,(H,31,35)(H,32,34)(H,33,36)/b30-18-. The number of nitrogens with zero attached hydrogens (tertiary/aromatic N) is 1. The van der Waals surface area contributed by atoms with Crippen LogP contribution in [0.4, 0.5) is 11.4 Å². The SMILES string of the molecule is CCCCOc1ccc(NC(=O)C(=O)N/N=C\c2ccccc2OCC(=O)Nc2c(C)cccc2C)cc1. The van der Waals surface area contributed by atoms with Crippen LogP contribution in [0.3, 0.4) is 0 Å². The number of hydrogen-bond donors (Lipinski definition) is 3. The fraction of sp³-hybridized carbons (Fsp3) is 0.241. The fourth-order valence-corrected chi connectivity index (χ4v) is 3.42. The van der Waals surface area contributed by atoms with Crippen molar-refractivity contribution in [1.82, 2.24) is 5.43 Å². The largest absolute Gasteiger partial charge is 0.494 e. The number of rotatable bonds is 11. The van der Waals surface area contributed by atoms with Crippen LogP contribution in [0.2, 0.25) is 0 Å². The number of para-hydroxylation sites is 2. The number of carbonyl (C=O) groups is 3. The smallest absolute Gasteiger partial charge is 0.329 e. The van der Waals surface area contributed by atoms with Crippen LogP contribution >= 0.6 is 0 Å². The molecule has 3 aromatic rings. The lowest BCUT2D eigenvalue weighted by molar-refractivity contribution is -0.136. The number of unbranched alkanes of at least 4 members (excludes halogenated alkanes) is 1. The summed E-state index contributed by atoms with van der Waals surface area (Å²) in [5, 5.41) is 9.23. The van der Waals surface area contributed by atoms with E-state index in [2.05, 4.69) is 28.1 Å². The highest BCUT2D eigenvalue weighted by Gasteiger charge is 2.13. The summed E-state index contributed by atoms with van der Waals surface area (Å²) in [4.78, 5) is 36.8. The van der Waals surface area contributed by atoms with Gasteiger partial charge in [-0.2, -0.15) is 5.10 Å². The Hall–Kier alpha value is -4.66. The van der Waals surface area contributed by atoms with E-state index in [0.29, 0.717) is 29.4 Å². The van der Waals surface area contributed by atoms with E-state index in [4.69, 9.17) is 9.47 Å². The minimum atomic E-state index is -0.934. The molecular weight excluding hydrogens is 484 g/mol. The van der Waals surface area contributed by atoms with E-state index >= 15 is 0 Å². The first-order chi connectivity index (χ1) is 18.4. The average Bonchev–Trinajstić information content (AvgIpc) is 2.91. The molecule has 198 valence electrons. The second-order valence-electron chi connectivity index (χ2n) is 8.52. The molecule has 0 atom stereocenters. The number of carbonyl (C=O) groups excluding carboxylic acids is 3. The van der Waals surface area contributed by atoms with Crippen LogP contribution in [0.25, 0.3) is 0 Å². The molecule has 0 bridgehead atoms. The summed E-state index contributed by atoms with van der Waals surface area (Å²) in [6.45, 7) is 6.33. The molecule has 9 heteroatoms. The van der Waals surface area contributed by atoms with Crippen LogP contribution in [-0.4, -0.2) is 37.1 Å². The molecule has 3 N–H and O–H groups in total. The van der Waals surface area contributed by atoms with Crippen molar-refractivity contribution in [3.63, 3.8) is 0 Å². The molecule has 0 aliphatic heterocycles. The molecule has 0 aromatic heterocycles. The summed E-state index contributed by atoms with van der Waals surface area (Å²) >= 11 is 0. The first kappa shape index (κ1) is 27.9. The number of ether oxygens (including phenoxy) is 2. The van der Waals surface area contributed by atoms with Crippen LogP contribution in [0.5, 0.6) is 11.5 Å². The van der Waals surface area contributed by atoms with Gasteiger partial charge in [-0.1, -0.05) is 43.7 Å². The first-order valence-electron chi connectivity index (χ1n) is 12.3. The maximum absolute atomic E-state index is 12.4. The lowest BCUT2D eigenvalue weighted by Crippen LogP contribution is -2.32. The maximum Gasteiger partial charge on any atom is 0.329 e. The van der Waals surface area contributed by atoms with Gasteiger partial charge in [-0.25, -0.2) is 5.43 Å². The Morgan fingerprint density at radius 2 is 1.55 bits per heavy atom. The van der Waals surface area contributed by atoms with E-state index in [1.807, 2.05) is 32.0 Å². The van der Waals surface area contributed by atoms with Gasteiger partial charge in [-0.15, -0.1) is 0 Å². The number of hydrogen-bond acceptors (Lipinski definition) is 6. The third kappa shape index (κ3) is 8.48. The number of nitrogens with one attached hydrogen (secondary N) is 3. The quantitative estimate of drug-likeness (QED) is 0.149. The Bertz CT molecular complexity index is 1270. The predicted molar refractivity (Wildman–Crippen MR) is 148 cm³/mol. The second-order valence-corrected chi connectivity index (χ2v) is 8.52. The van der Waals surface area contributed by atoms with Crippen molar-refractivity contribution in [2.24, 2.45) is 5.10 Å². The summed E-state index contributed by atoms with van der Waals surface area (Å²) < 4.78 is 11.3. The number of anilines is 2. The minimum Gasteiger partial charge on any atom is -0.494 e. The number of aryl methyl sites for hydroxylation is 2. The highest BCUT2D eigenvalue weighted by Crippen LogP contribution is 2.20. The van der Waals surface area contributed by atoms with E-state index in [0.717, 1.165) is 29.7 Å². The van der Waals surface area contributed by atoms with Gasteiger partial charge in [0.15, 0.2) is 6.61 Å². The van der Waals surface area contributed by atoms with Crippen LogP contribution in [0, 0.1) is 13.8 Å². The van der Waals surface area contributed by atoms with Gasteiger partial charge < -0.3 is 20.1 Å². The van der Waals surface area contributed by atoms with Gasteiger partial charge in [0.1, 0.15) is 11.5 Å². The maximum atomic E-state index is 12.4. The molecule has 3 rings (SSSR count). The third-order valence-electron chi connectivity index (χ3n) is 5.48. The lowest BCUT2D eigenvalue weighted by Gasteiger charge is -2.13. The van der Waals surface area contributed by atoms with Crippen LogP contribution < -0.4 is 25.5 Å². The second kappa shape index (κ2) is 14.2. The molecule has 0 saturated carbocycles. The summed E-state index contributed by atoms with van der Waals surface area (Å²) in [6, 6.07) is 19.4. The van der Waals surface area contributed by atoms with Gasteiger partial charge in [0.25, 0.3) is 5.91 Å². The summed E-state index contributed by atoms with van der Waals surface area (Å²) in [6.07, 6.45) is 3.33. The van der Waals surface area contributed by atoms with Gasteiger partial charge in [0.05, 0.1) is 12.8 Å². The van der Waals surface area contributed by atoms with Crippen molar-refractivity contribution in [2.45, 2.75) is 33.6 Å². The Kier molecular flexibility index (Phi) is 10.4. The number of amides is 3. The zero-order chi connectivity index (χ0) is 27.3. The van der Waals surface area contributed by atoms with Crippen LogP contribution in [0.15, 0.2) is 71.8 Å². The van der Waals surface area contributed by atoms with Crippen molar-refractivity contribution in [1.29, 1.82) is 0 Å². The lowest BCUT2D eigenvalue weighted by atomic mass is 10.1. The predicted octanol–water partition coefficient (Wildman–Crippen LogP) is 4.59. The molecular formula is C29H32N4O5. The van der Waals surface area contributed by atoms with Gasteiger partial charge in [0.2, 0.25) is 0 Å². The summed E-state index contributed by atoms with van der Waals surface area (Å²) in [7, 11) is 0. The molecule has 0 aliphatic carbocycles. The van der Waals surface area contributed by atoms with E-state index in [9.17, 15) is 14.4 Å². The van der Waals surface area contributed by atoms with Crippen molar-refractivity contribution >= 4 is 35.3 Å². The Balaban J connectivity index is 1.50. The third-order valence-corrected chi connectivity index (χ3v) is 5.48. The highest BCUT2D eigenvalue weighted by molar-refractivity contribution is 6.39. The van der Waals surface area contributed by atoms with Gasteiger partial charge >= 0.3 is 11.8 Å². The van der Waals surface area contributed by atoms with Gasteiger partial charge in [0, 0.05) is 16.9 Å². The Morgan fingerprint density at radius 1 is 0.842 bits per heavy atom. The molecule has 0 saturated heterocycles. The molecule has 9 nitrogen and oxygen atoms in total. The van der Waals surface area contributed by atoms with E-state index in [1.165, 1.54) is 6.21 Å². The molecule has 0 radical (unpaired) electrons. The molecule has 3 amide bonds. The molecule has 0 spiro atoms. The topological polar surface area (TPSA) is 118 Å². The van der Waals surface area contributed by atoms with Gasteiger partial charge in [-0.3, -0.25) is 14.4 Å². The molecule has 0 unspecified atom stereocenters. The zero-order valence-corrected chi connectivity index (χ0v) is 21.7. The highest BCUT2D eigenvalue weighted by atomic mass is 16.5. The number of hydrazone groups is 1. The van der Waals surface area contributed by atoms with Crippen molar-refractivity contribution in [3.05, 3.63) is 83.4 Å². The fourth-order valence-electron chi connectivity index (χ4n) is 3.42. The minimum absolute atomic E-state index is 0.212. The van der Waals surface area contributed by atoms with E-state index in [-0.39, 0.29) is 12.5 Å². The van der Waals surface area contributed by atoms with E-state index < -0.39 is 11.8 Å². The normalized spacial score (nSPS) is 10.6. The summed E-state index contributed by atoms with van der Waals surface area (Å²) in [5.41, 5.74) is 5.84. The van der Waals surface area contributed by atoms with Crippen molar-refractivity contribution in [2.75, 3.05) is 23.8 Å². The van der Waals surface area contributed by atoms with Gasteiger partial charge in [-0.05, 0) is 67.8 Å². The molecule has 0 heterocycles. The molecule has 3 aromatic carbocycles. The number of benzene rings is 3. The van der Waals surface area contributed by atoms with Crippen molar-refractivity contribution < 1.29 is 23.9 Å². The molecule has 0 aliphatic rings. The van der Waals surface area contributed by atoms with E-state index in [1.54, 1.807) is 48.5 Å². The zero-order valence-electron chi connectivity index (χ0n) is 21.7. The average molecular weight is 517 g/mol. The monoisotopic (exact) mass is 516 g/mol. The molecule has 0 fully saturated rings. The molecule has 38 heavy (non-hydrogen) atoms.